The molecule has 0 spiro atoms. The molecule has 0 aromatic heterocycles. The van der Waals surface area contributed by atoms with Gasteiger partial charge >= 0.3 is 0 Å². The molecule has 1 saturated heterocycles. The summed E-state index contributed by atoms with van der Waals surface area (Å²) in [7, 11) is 0. The van der Waals surface area contributed by atoms with Gasteiger partial charge in [-0.2, -0.15) is 5.26 Å². The van der Waals surface area contributed by atoms with E-state index in [2.05, 4.69) is 37.1 Å². The number of para-hydroxylation sites is 1. The minimum Gasteiger partial charge on any atom is -0.371 e. The van der Waals surface area contributed by atoms with Crippen LogP contribution in [-0.4, -0.2) is 22.9 Å². The number of rotatable bonds is 4. The second kappa shape index (κ2) is 8.01. The summed E-state index contributed by atoms with van der Waals surface area (Å²) < 4.78 is 0. The Hall–Kier alpha value is -2.28. The molecule has 4 heteroatoms. The van der Waals surface area contributed by atoms with Crippen LogP contribution in [0.25, 0.3) is 0 Å². The summed E-state index contributed by atoms with van der Waals surface area (Å²) >= 11 is 0. The molecule has 4 nitrogen and oxygen atoms in total. The van der Waals surface area contributed by atoms with Crippen molar-refractivity contribution in [3.05, 3.63) is 41.1 Å². The highest BCUT2D eigenvalue weighted by atomic mass is 16.1. The van der Waals surface area contributed by atoms with Crippen LogP contribution in [0.5, 0.6) is 0 Å². The lowest BCUT2D eigenvalue weighted by Gasteiger charge is -2.38. The number of aryl methyl sites for hydroxylation is 2. The Morgan fingerprint density at radius 1 is 1.38 bits per heavy atom. The van der Waals surface area contributed by atoms with E-state index in [1.807, 2.05) is 25.1 Å². The number of piperidine rings is 1. The highest BCUT2D eigenvalue weighted by Gasteiger charge is 2.24. The van der Waals surface area contributed by atoms with E-state index >= 15 is 0 Å². The summed E-state index contributed by atoms with van der Waals surface area (Å²) in [5.41, 5.74) is 3.09. The normalized spacial score (nSPS) is 21.3. The number of likely N-dealkylation sites (tertiary alicyclic amines) is 1. The Balaban J connectivity index is 2.24. The van der Waals surface area contributed by atoms with Crippen molar-refractivity contribution in [3.63, 3.8) is 0 Å². The van der Waals surface area contributed by atoms with Crippen molar-refractivity contribution in [2.75, 3.05) is 5.32 Å². The first-order valence-electron chi connectivity index (χ1n) is 8.77. The minimum absolute atomic E-state index is 0.168. The van der Waals surface area contributed by atoms with Gasteiger partial charge in [0.15, 0.2) is 0 Å². The summed E-state index contributed by atoms with van der Waals surface area (Å²) in [5, 5.41) is 12.4. The zero-order valence-electron chi connectivity index (χ0n) is 15.1. The average molecular weight is 325 g/mol. The second-order valence-corrected chi connectivity index (χ2v) is 6.65. The summed E-state index contributed by atoms with van der Waals surface area (Å²) in [4.78, 5) is 14.8. The smallest absolute Gasteiger partial charge is 0.267 e. The monoisotopic (exact) mass is 325 g/mol. The molecule has 1 aromatic carbocycles. The maximum absolute atomic E-state index is 12.6. The molecule has 1 fully saturated rings. The number of hydrogen-bond acceptors (Lipinski definition) is 3. The van der Waals surface area contributed by atoms with E-state index in [1.165, 1.54) is 6.42 Å². The van der Waals surface area contributed by atoms with Gasteiger partial charge in [-0.25, -0.2) is 0 Å². The zero-order chi connectivity index (χ0) is 17.7. The van der Waals surface area contributed by atoms with Gasteiger partial charge in [0.1, 0.15) is 11.6 Å². The Bertz CT molecular complexity index is 662. The first-order chi connectivity index (χ1) is 11.5. The minimum atomic E-state index is -0.327. The summed E-state index contributed by atoms with van der Waals surface area (Å²) in [6.07, 6.45) is 5.97. The molecule has 0 bridgehead atoms. The molecule has 0 aliphatic carbocycles. The summed E-state index contributed by atoms with van der Waals surface area (Å²) in [5.74, 6) is -0.327. The topological polar surface area (TPSA) is 56.1 Å². The standard InChI is InChI=1S/C20H27N3O/c1-5-17-11-6-8-14(2)19(17)22-20(24)18(12-21)13-23-15(3)9-7-10-16(23)4/h6,8,11,13,15-16H,5,7,9-10H2,1-4H3,(H,22,24)/b18-13-. The fraction of sp³-hybridized carbons (Fsp3) is 0.500. The van der Waals surface area contributed by atoms with Crippen LogP contribution in [0.2, 0.25) is 0 Å². The molecule has 2 atom stereocenters. The Labute approximate surface area is 145 Å². The maximum atomic E-state index is 12.6. The number of nitriles is 1. The van der Waals surface area contributed by atoms with Crippen LogP contribution in [-0.2, 0) is 11.2 Å². The fourth-order valence-corrected chi connectivity index (χ4v) is 3.37. The molecule has 1 aromatic rings. The molecule has 1 aliphatic heterocycles. The zero-order valence-corrected chi connectivity index (χ0v) is 15.1. The van der Waals surface area contributed by atoms with Gasteiger partial charge < -0.3 is 10.2 Å². The predicted octanol–water partition coefficient (Wildman–Crippen LogP) is 4.17. The molecule has 1 aliphatic rings. The van der Waals surface area contributed by atoms with E-state index in [1.54, 1.807) is 6.20 Å². The van der Waals surface area contributed by atoms with Gasteiger partial charge in [-0.15, -0.1) is 0 Å². The van der Waals surface area contributed by atoms with Crippen molar-refractivity contribution < 1.29 is 4.79 Å². The molecular weight excluding hydrogens is 298 g/mol. The average Bonchev–Trinajstić information content (AvgIpc) is 2.56. The number of nitrogens with one attached hydrogen (secondary N) is 1. The Morgan fingerprint density at radius 2 is 2.04 bits per heavy atom. The predicted molar refractivity (Wildman–Crippen MR) is 97.5 cm³/mol. The van der Waals surface area contributed by atoms with Gasteiger partial charge in [0.25, 0.3) is 5.91 Å². The lowest BCUT2D eigenvalue weighted by molar-refractivity contribution is -0.112. The van der Waals surface area contributed by atoms with E-state index < -0.39 is 0 Å². The number of nitrogens with zero attached hydrogens (tertiary/aromatic N) is 2. The van der Waals surface area contributed by atoms with Crippen molar-refractivity contribution >= 4 is 11.6 Å². The van der Waals surface area contributed by atoms with Gasteiger partial charge in [-0.05, 0) is 57.6 Å². The van der Waals surface area contributed by atoms with E-state index in [4.69, 9.17) is 0 Å². The third-order valence-corrected chi connectivity index (χ3v) is 4.88. The maximum Gasteiger partial charge on any atom is 0.267 e. The largest absolute Gasteiger partial charge is 0.371 e. The number of carbonyl (C=O) groups excluding carboxylic acids is 1. The van der Waals surface area contributed by atoms with Gasteiger partial charge in [0.2, 0.25) is 0 Å². The van der Waals surface area contributed by atoms with Crippen LogP contribution in [0.4, 0.5) is 5.69 Å². The number of benzene rings is 1. The van der Waals surface area contributed by atoms with Crippen molar-refractivity contribution in [1.29, 1.82) is 5.26 Å². The summed E-state index contributed by atoms with van der Waals surface area (Å²) in [6, 6.07) is 8.75. The van der Waals surface area contributed by atoms with Gasteiger partial charge in [0, 0.05) is 24.0 Å². The van der Waals surface area contributed by atoms with Crippen LogP contribution in [0.1, 0.15) is 51.2 Å². The molecule has 24 heavy (non-hydrogen) atoms. The molecule has 0 radical (unpaired) electrons. The van der Waals surface area contributed by atoms with Crippen LogP contribution in [0.15, 0.2) is 30.0 Å². The fourth-order valence-electron chi connectivity index (χ4n) is 3.37. The Kier molecular flexibility index (Phi) is 6.03. The molecular formula is C20H27N3O. The molecule has 0 saturated carbocycles. The van der Waals surface area contributed by atoms with Crippen LogP contribution in [0.3, 0.4) is 0 Å². The molecule has 2 rings (SSSR count). The van der Waals surface area contributed by atoms with Crippen LogP contribution >= 0.6 is 0 Å². The quantitative estimate of drug-likeness (QED) is 0.668. The molecule has 1 N–H and O–H groups in total. The van der Waals surface area contributed by atoms with Gasteiger partial charge in [-0.1, -0.05) is 25.1 Å². The summed E-state index contributed by atoms with van der Waals surface area (Å²) in [6.45, 7) is 8.33. The molecule has 2 unspecified atom stereocenters. The van der Waals surface area contributed by atoms with Crippen molar-refractivity contribution in [2.45, 2.75) is 65.5 Å². The van der Waals surface area contributed by atoms with Crippen molar-refractivity contribution in [1.82, 2.24) is 4.90 Å². The molecule has 1 amide bonds. The number of anilines is 1. The number of carbonyl (C=O) groups is 1. The van der Waals surface area contributed by atoms with E-state index in [-0.39, 0.29) is 11.5 Å². The number of hydrogen-bond donors (Lipinski definition) is 1. The first kappa shape index (κ1) is 18.1. The lowest BCUT2D eigenvalue weighted by Crippen LogP contribution is -2.40. The first-order valence-corrected chi connectivity index (χ1v) is 8.77. The molecule has 1 heterocycles. The van der Waals surface area contributed by atoms with E-state index in [9.17, 15) is 10.1 Å². The van der Waals surface area contributed by atoms with Crippen molar-refractivity contribution in [2.24, 2.45) is 0 Å². The van der Waals surface area contributed by atoms with E-state index in [0.717, 1.165) is 36.1 Å². The Morgan fingerprint density at radius 3 is 2.62 bits per heavy atom. The second-order valence-electron chi connectivity index (χ2n) is 6.65. The number of amides is 1. The van der Waals surface area contributed by atoms with Gasteiger partial charge in [-0.3, -0.25) is 4.79 Å². The SMILES string of the molecule is CCc1cccc(C)c1NC(=O)/C(C#N)=C\N1C(C)CCCC1C. The highest BCUT2D eigenvalue weighted by molar-refractivity contribution is 6.07. The van der Waals surface area contributed by atoms with E-state index in [0.29, 0.717) is 12.1 Å². The third kappa shape index (κ3) is 3.97. The lowest BCUT2D eigenvalue weighted by atomic mass is 9.98. The highest BCUT2D eigenvalue weighted by Crippen LogP contribution is 2.25. The van der Waals surface area contributed by atoms with Crippen LogP contribution < -0.4 is 5.32 Å². The molecule has 128 valence electrons. The van der Waals surface area contributed by atoms with Gasteiger partial charge in [0.05, 0.1) is 0 Å². The third-order valence-electron chi connectivity index (χ3n) is 4.88. The van der Waals surface area contributed by atoms with Crippen molar-refractivity contribution in [3.8, 4) is 6.07 Å². The van der Waals surface area contributed by atoms with Crippen LogP contribution in [0, 0.1) is 18.3 Å².